The standard InChI is InChI=1S/C14H19ClN4O2/c15-10-1-2-13(17-8-10)18-3-5-19(6-4-18)14(21)12-7-11(20)9-16-12/h1-2,8,11-12,16,20H,3-7,9H2. The summed E-state index contributed by atoms with van der Waals surface area (Å²) in [5.74, 6) is 0.983. The van der Waals surface area contributed by atoms with Crippen LogP contribution in [0.3, 0.4) is 0 Å². The summed E-state index contributed by atoms with van der Waals surface area (Å²) in [7, 11) is 0. The van der Waals surface area contributed by atoms with E-state index in [1.165, 1.54) is 0 Å². The monoisotopic (exact) mass is 310 g/mol. The van der Waals surface area contributed by atoms with Gasteiger partial charge in [0.1, 0.15) is 5.82 Å². The number of pyridine rings is 1. The van der Waals surface area contributed by atoms with Crippen LogP contribution in [0.2, 0.25) is 5.02 Å². The van der Waals surface area contributed by atoms with Crippen molar-refractivity contribution in [1.29, 1.82) is 0 Å². The zero-order valence-corrected chi connectivity index (χ0v) is 12.5. The van der Waals surface area contributed by atoms with Crippen molar-refractivity contribution >= 4 is 23.3 Å². The van der Waals surface area contributed by atoms with Crippen LogP contribution < -0.4 is 10.2 Å². The molecule has 6 nitrogen and oxygen atoms in total. The van der Waals surface area contributed by atoms with Crippen LogP contribution in [0.5, 0.6) is 0 Å². The highest BCUT2D eigenvalue weighted by Gasteiger charge is 2.32. The van der Waals surface area contributed by atoms with Gasteiger partial charge in [-0.1, -0.05) is 11.6 Å². The average molecular weight is 311 g/mol. The van der Waals surface area contributed by atoms with E-state index in [1.54, 1.807) is 6.20 Å². The molecule has 0 bridgehead atoms. The minimum atomic E-state index is -0.404. The second-order valence-corrected chi connectivity index (χ2v) is 5.93. The number of hydrogen-bond donors (Lipinski definition) is 2. The molecule has 0 aliphatic carbocycles. The van der Waals surface area contributed by atoms with E-state index < -0.39 is 6.10 Å². The molecule has 0 radical (unpaired) electrons. The number of carbonyl (C=O) groups excluding carboxylic acids is 1. The maximum absolute atomic E-state index is 12.3. The van der Waals surface area contributed by atoms with E-state index in [-0.39, 0.29) is 11.9 Å². The van der Waals surface area contributed by atoms with Crippen LogP contribution in [0.4, 0.5) is 5.82 Å². The number of nitrogens with one attached hydrogen (secondary N) is 1. The maximum Gasteiger partial charge on any atom is 0.239 e. The quantitative estimate of drug-likeness (QED) is 0.811. The Kier molecular flexibility index (Phi) is 4.28. The lowest BCUT2D eigenvalue weighted by molar-refractivity contribution is -0.133. The summed E-state index contributed by atoms with van der Waals surface area (Å²) in [5.41, 5.74) is 0. The predicted octanol–water partition coefficient (Wildman–Crippen LogP) is 0.106. The van der Waals surface area contributed by atoms with Crippen molar-refractivity contribution in [3.05, 3.63) is 23.4 Å². The Morgan fingerprint density at radius 1 is 1.33 bits per heavy atom. The zero-order valence-electron chi connectivity index (χ0n) is 11.7. The van der Waals surface area contributed by atoms with Crippen LogP contribution in [0.1, 0.15) is 6.42 Å². The van der Waals surface area contributed by atoms with Crippen molar-refractivity contribution in [3.8, 4) is 0 Å². The van der Waals surface area contributed by atoms with Gasteiger partial charge in [0.05, 0.1) is 17.2 Å². The second-order valence-electron chi connectivity index (χ2n) is 5.50. The lowest BCUT2D eigenvalue weighted by atomic mass is 10.1. The summed E-state index contributed by atoms with van der Waals surface area (Å²) in [6.45, 7) is 3.38. The summed E-state index contributed by atoms with van der Waals surface area (Å²) < 4.78 is 0. The van der Waals surface area contributed by atoms with Gasteiger partial charge in [0.15, 0.2) is 0 Å². The fraction of sp³-hybridized carbons (Fsp3) is 0.571. The minimum absolute atomic E-state index is 0.0928. The number of aliphatic hydroxyl groups is 1. The van der Waals surface area contributed by atoms with Crippen molar-refractivity contribution in [2.45, 2.75) is 18.6 Å². The Hall–Kier alpha value is -1.37. The third-order valence-corrected chi connectivity index (χ3v) is 4.26. The number of carbonyl (C=O) groups is 1. The van der Waals surface area contributed by atoms with E-state index in [4.69, 9.17) is 11.6 Å². The van der Waals surface area contributed by atoms with Crippen molar-refractivity contribution in [2.24, 2.45) is 0 Å². The van der Waals surface area contributed by atoms with E-state index in [9.17, 15) is 9.90 Å². The molecule has 2 N–H and O–H groups in total. The van der Waals surface area contributed by atoms with E-state index in [2.05, 4.69) is 15.2 Å². The van der Waals surface area contributed by atoms with Gasteiger partial charge in [-0.2, -0.15) is 0 Å². The Labute approximate surface area is 128 Å². The molecule has 2 atom stereocenters. The van der Waals surface area contributed by atoms with E-state index in [0.717, 1.165) is 18.9 Å². The van der Waals surface area contributed by atoms with Gasteiger partial charge in [-0.15, -0.1) is 0 Å². The first kappa shape index (κ1) is 14.6. The van der Waals surface area contributed by atoms with Gasteiger partial charge in [-0.3, -0.25) is 4.79 Å². The molecule has 0 aromatic carbocycles. The molecule has 2 saturated heterocycles. The first-order valence-corrected chi connectivity index (χ1v) is 7.58. The summed E-state index contributed by atoms with van der Waals surface area (Å²) >= 11 is 5.84. The highest BCUT2D eigenvalue weighted by Crippen LogP contribution is 2.17. The second kappa shape index (κ2) is 6.17. The average Bonchev–Trinajstić information content (AvgIpc) is 2.94. The molecule has 7 heteroatoms. The maximum atomic E-state index is 12.3. The normalized spacial score (nSPS) is 26.2. The number of nitrogens with zero attached hydrogens (tertiary/aromatic N) is 3. The first-order valence-electron chi connectivity index (χ1n) is 7.20. The SMILES string of the molecule is O=C(C1CC(O)CN1)N1CCN(c2ccc(Cl)cn2)CC1. The fourth-order valence-corrected chi connectivity index (χ4v) is 2.95. The zero-order chi connectivity index (χ0) is 14.8. The van der Waals surface area contributed by atoms with E-state index >= 15 is 0 Å². The van der Waals surface area contributed by atoms with Gasteiger partial charge in [-0.25, -0.2) is 4.98 Å². The van der Waals surface area contributed by atoms with Crippen molar-refractivity contribution < 1.29 is 9.90 Å². The number of halogens is 1. The number of piperazine rings is 1. The molecule has 2 unspecified atom stereocenters. The van der Waals surface area contributed by atoms with Gasteiger partial charge < -0.3 is 20.2 Å². The number of anilines is 1. The Morgan fingerprint density at radius 3 is 2.67 bits per heavy atom. The Morgan fingerprint density at radius 2 is 2.10 bits per heavy atom. The number of amides is 1. The first-order chi connectivity index (χ1) is 10.1. The highest BCUT2D eigenvalue weighted by molar-refractivity contribution is 6.30. The molecule has 2 fully saturated rings. The molecule has 2 aliphatic rings. The summed E-state index contributed by atoms with van der Waals surface area (Å²) in [6, 6.07) is 3.49. The fourth-order valence-electron chi connectivity index (χ4n) is 2.84. The van der Waals surface area contributed by atoms with Crippen LogP contribution in [0.15, 0.2) is 18.3 Å². The number of hydrogen-bond acceptors (Lipinski definition) is 5. The van der Waals surface area contributed by atoms with Crippen LogP contribution >= 0.6 is 11.6 Å². The summed E-state index contributed by atoms with van der Waals surface area (Å²) in [6.07, 6.45) is 1.74. The van der Waals surface area contributed by atoms with Crippen LogP contribution in [0, 0.1) is 0 Å². The lowest BCUT2D eigenvalue weighted by Crippen LogP contribution is -2.53. The molecule has 0 spiro atoms. The van der Waals surface area contributed by atoms with Crippen molar-refractivity contribution in [1.82, 2.24) is 15.2 Å². The Balaban J connectivity index is 1.55. The molecule has 1 aromatic rings. The van der Waals surface area contributed by atoms with Crippen LogP contribution in [0.25, 0.3) is 0 Å². The minimum Gasteiger partial charge on any atom is -0.392 e. The molecule has 1 aromatic heterocycles. The molecule has 0 saturated carbocycles. The molecule has 3 heterocycles. The molecular weight excluding hydrogens is 292 g/mol. The van der Waals surface area contributed by atoms with E-state index in [0.29, 0.717) is 31.1 Å². The van der Waals surface area contributed by atoms with Crippen LogP contribution in [-0.2, 0) is 4.79 Å². The highest BCUT2D eigenvalue weighted by atomic mass is 35.5. The Bertz CT molecular complexity index is 502. The molecular formula is C14H19ClN4O2. The third kappa shape index (κ3) is 3.28. The number of β-amino-alcohol motifs (C(OH)–C–C–N with tert-alkyl or cyclic N) is 1. The topological polar surface area (TPSA) is 68.7 Å². The molecule has 114 valence electrons. The molecule has 2 aliphatic heterocycles. The predicted molar refractivity (Wildman–Crippen MR) is 80.5 cm³/mol. The van der Waals surface area contributed by atoms with Crippen molar-refractivity contribution in [2.75, 3.05) is 37.6 Å². The lowest BCUT2D eigenvalue weighted by Gasteiger charge is -2.36. The molecule has 21 heavy (non-hydrogen) atoms. The number of rotatable bonds is 2. The van der Waals surface area contributed by atoms with Crippen molar-refractivity contribution in [3.63, 3.8) is 0 Å². The molecule has 3 rings (SSSR count). The van der Waals surface area contributed by atoms with Gasteiger partial charge in [-0.05, 0) is 18.6 Å². The van der Waals surface area contributed by atoms with Crippen LogP contribution in [-0.4, -0.2) is 65.8 Å². The number of aromatic nitrogens is 1. The summed E-state index contributed by atoms with van der Waals surface area (Å²) in [4.78, 5) is 20.7. The van der Waals surface area contributed by atoms with Gasteiger partial charge in [0.2, 0.25) is 5.91 Å². The third-order valence-electron chi connectivity index (χ3n) is 4.03. The van der Waals surface area contributed by atoms with Gasteiger partial charge >= 0.3 is 0 Å². The summed E-state index contributed by atoms with van der Waals surface area (Å²) in [5, 5.41) is 13.2. The van der Waals surface area contributed by atoms with Gasteiger partial charge in [0, 0.05) is 38.9 Å². The van der Waals surface area contributed by atoms with E-state index in [1.807, 2.05) is 17.0 Å². The largest absolute Gasteiger partial charge is 0.392 e. The van der Waals surface area contributed by atoms with Gasteiger partial charge in [0.25, 0.3) is 0 Å². The smallest absolute Gasteiger partial charge is 0.239 e. The molecule has 1 amide bonds. The number of aliphatic hydroxyl groups excluding tert-OH is 1.